The number of halogens is 3. The molecular formula is C19H23F3N4S. The van der Waals surface area contributed by atoms with E-state index in [-0.39, 0.29) is 0 Å². The Balaban J connectivity index is 1.80. The van der Waals surface area contributed by atoms with Gasteiger partial charge in [-0.3, -0.25) is 5.01 Å². The van der Waals surface area contributed by atoms with Gasteiger partial charge in [-0.15, -0.1) is 11.3 Å². The Bertz CT molecular complexity index is 825. The molecule has 27 heavy (non-hydrogen) atoms. The first kappa shape index (κ1) is 18.6. The number of benzene rings is 1. The summed E-state index contributed by atoms with van der Waals surface area (Å²) in [6.45, 7) is 6.21. The summed E-state index contributed by atoms with van der Waals surface area (Å²) in [5.41, 5.74) is 1.84. The Morgan fingerprint density at radius 3 is 2.52 bits per heavy atom. The Morgan fingerprint density at radius 1 is 1.11 bits per heavy atom. The molecule has 8 heteroatoms. The molecule has 0 amide bonds. The monoisotopic (exact) mass is 396 g/mol. The van der Waals surface area contributed by atoms with Gasteiger partial charge in [0.2, 0.25) is 0 Å². The molecule has 0 unspecified atom stereocenters. The zero-order valence-electron chi connectivity index (χ0n) is 15.4. The lowest BCUT2D eigenvalue weighted by Gasteiger charge is -2.41. The summed E-state index contributed by atoms with van der Waals surface area (Å²) in [6, 6.07) is 6.19. The lowest BCUT2D eigenvalue weighted by Crippen LogP contribution is -2.51. The fraction of sp³-hybridized carbons (Fsp3) is 0.474. The lowest BCUT2D eigenvalue weighted by atomic mass is 10.1. The van der Waals surface area contributed by atoms with Crippen LogP contribution < -0.4 is 10.3 Å². The van der Waals surface area contributed by atoms with Gasteiger partial charge in [0.1, 0.15) is 5.00 Å². The van der Waals surface area contributed by atoms with Crippen molar-refractivity contribution in [1.82, 2.24) is 9.91 Å². The van der Waals surface area contributed by atoms with Crippen LogP contribution in [0.2, 0.25) is 0 Å². The van der Waals surface area contributed by atoms with E-state index >= 15 is 0 Å². The lowest BCUT2D eigenvalue weighted by molar-refractivity contribution is -0.137. The normalized spacial score (nSPS) is 18.6. The summed E-state index contributed by atoms with van der Waals surface area (Å²) in [6.07, 6.45) is -3.39. The molecular weight excluding hydrogens is 373 g/mol. The van der Waals surface area contributed by atoms with Gasteiger partial charge in [0, 0.05) is 43.2 Å². The topological polar surface area (TPSA) is 21.8 Å². The van der Waals surface area contributed by atoms with Crippen molar-refractivity contribution in [3.8, 4) is 0 Å². The standard InChI is InChI=1S/C19H23F3N4S/c1-3-15-10-13-12-23-16-11-14(19(20,21)22)4-5-17(16)26(18(13)27-15)25-8-6-24(2)7-9-25/h4-5,10-11,23H,3,6-9,12H2,1-2H3. The highest BCUT2D eigenvalue weighted by Crippen LogP contribution is 2.45. The molecule has 2 aliphatic heterocycles. The molecule has 0 bridgehead atoms. The van der Waals surface area contributed by atoms with E-state index in [4.69, 9.17) is 0 Å². The average molecular weight is 396 g/mol. The van der Waals surface area contributed by atoms with Crippen LogP contribution in [0, 0.1) is 0 Å². The number of hydrogen-bond donors (Lipinski definition) is 1. The molecule has 1 saturated heterocycles. The first-order valence-corrected chi connectivity index (χ1v) is 9.98. The zero-order chi connectivity index (χ0) is 19.2. The molecule has 1 N–H and O–H groups in total. The summed E-state index contributed by atoms with van der Waals surface area (Å²) in [7, 11) is 2.09. The Morgan fingerprint density at radius 2 is 1.85 bits per heavy atom. The van der Waals surface area contributed by atoms with Crippen molar-refractivity contribution in [2.24, 2.45) is 0 Å². The molecule has 3 heterocycles. The van der Waals surface area contributed by atoms with E-state index in [0.29, 0.717) is 12.2 Å². The molecule has 2 aromatic rings. The molecule has 2 aliphatic rings. The number of likely N-dealkylation sites (N-methyl/N-ethyl adjacent to an activating group) is 1. The SMILES string of the molecule is CCc1cc2c(s1)N(N1CCN(C)CC1)c1ccc(C(F)(F)F)cc1NC2. The summed E-state index contributed by atoms with van der Waals surface area (Å²) >= 11 is 1.73. The van der Waals surface area contributed by atoms with Gasteiger partial charge in [-0.05, 0) is 37.7 Å². The predicted molar refractivity (Wildman–Crippen MR) is 104 cm³/mol. The van der Waals surface area contributed by atoms with E-state index in [1.807, 2.05) is 0 Å². The third kappa shape index (κ3) is 3.53. The van der Waals surface area contributed by atoms with Gasteiger partial charge in [-0.2, -0.15) is 13.2 Å². The summed E-state index contributed by atoms with van der Waals surface area (Å²) < 4.78 is 39.6. The van der Waals surface area contributed by atoms with Gasteiger partial charge < -0.3 is 10.2 Å². The highest BCUT2D eigenvalue weighted by atomic mass is 32.1. The van der Waals surface area contributed by atoms with Crippen molar-refractivity contribution in [1.29, 1.82) is 0 Å². The van der Waals surface area contributed by atoms with Crippen molar-refractivity contribution < 1.29 is 13.2 Å². The van der Waals surface area contributed by atoms with Gasteiger partial charge in [0.15, 0.2) is 0 Å². The highest BCUT2D eigenvalue weighted by Gasteiger charge is 2.34. The molecule has 1 aromatic heterocycles. The number of alkyl halides is 3. The maximum absolute atomic E-state index is 13.2. The number of fused-ring (bicyclic) bond motifs is 2. The molecule has 0 atom stereocenters. The van der Waals surface area contributed by atoms with Crippen LogP contribution in [-0.4, -0.2) is 43.1 Å². The van der Waals surface area contributed by atoms with Gasteiger partial charge in [0.05, 0.1) is 16.9 Å². The second-order valence-corrected chi connectivity index (χ2v) is 8.16. The van der Waals surface area contributed by atoms with Crippen molar-refractivity contribution in [3.05, 3.63) is 40.3 Å². The molecule has 1 fully saturated rings. The second kappa shape index (κ2) is 7.00. The third-order valence-electron chi connectivity index (χ3n) is 5.16. The van der Waals surface area contributed by atoms with E-state index in [9.17, 15) is 13.2 Å². The molecule has 0 radical (unpaired) electrons. The predicted octanol–water partition coefficient (Wildman–Crippen LogP) is 4.56. The summed E-state index contributed by atoms with van der Waals surface area (Å²) in [4.78, 5) is 3.56. The molecule has 0 aliphatic carbocycles. The van der Waals surface area contributed by atoms with E-state index < -0.39 is 11.7 Å². The number of anilines is 3. The van der Waals surface area contributed by atoms with Gasteiger partial charge in [-0.1, -0.05) is 6.92 Å². The number of rotatable bonds is 2. The van der Waals surface area contributed by atoms with Crippen LogP contribution in [0.25, 0.3) is 0 Å². The number of nitrogens with zero attached hydrogens (tertiary/aromatic N) is 3. The minimum atomic E-state index is -4.35. The van der Waals surface area contributed by atoms with E-state index in [0.717, 1.165) is 48.9 Å². The molecule has 4 rings (SSSR count). The van der Waals surface area contributed by atoms with Crippen LogP contribution in [-0.2, 0) is 19.1 Å². The van der Waals surface area contributed by atoms with Crippen molar-refractivity contribution >= 4 is 27.7 Å². The van der Waals surface area contributed by atoms with Crippen molar-refractivity contribution in [2.75, 3.05) is 43.6 Å². The Hall–Kier alpha value is -1.77. The highest BCUT2D eigenvalue weighted by molar-refractivity contribution is 7.16. The molecule has 4 nitrogen and oxygen atoms in total. The fourth-order valence-corrected chi connectivity index (χ4v) is 4.73. The quantitative estimate of drug-likeness (QED) is 0.804. The number of hydrogen-bond acceptors (Lipinski definition) is 5. The van der Waals surface area contributed by atoms with Crippen LogP contribution in [0.15, 0.2) is 24.3 Å². The number of aryl methyl sites for hydroxylation is 1. The maximum Gasteiger partial charge on any atom is 0.416 e. The maximum atomic E-state index is 13.2. The number of hydrazine groups is 1. The average Bonchev–Trinajstić information content (AvgIpc) is 2.98. The molecule has 146 valence electrons. The molecule has 0 spiro atoms. The Kier molecular flexibility index (Phi) is 4.82. The first-order chi connectivity index (χ1) is 12.9. The van der Waals surface area contributed by atoms with Crippen LogP contribution in [0.3, 0.4) is 0 Å². The summed E-state index contributed by atoms with van der Waals surface area (Å²) in [5, 5.41) is 8.75. The van der Waals surface area contributed by atoms with Gasteiger partial charge in [0.25, 0.3) is 0 Å². The third-order valence-corrected chi connectivity index (χ3v) is 6.46. The van der Waals surface area contributed by atoms with Crippen LogP contribution in [0.1, 0.15) is 22.9 Å². The summed E-state index contributed by atoms with van der Waals surface area (Å²) in [5.74, 6) is 0. The zero-order valence-corrected chi connectivity index (χ0v) is 16.3. The van der Waals surface area contributed by atoms with E-state index in [2.05, 4.69) is 40.3 Å². The minimum Gasteiger partial charge on any atom is -0.379 e. The van der Waals surface area contributed by atoms with Crippen LogP contribution >= 0.6 is 11.3 Å². The van der Waals surface area contributed by atoms with E-state index in [1.54, 1.807) is 17.4 Å². The van der Waals surface area contributed by atoms with Crippen molar-refractivity contribution in [3.63, 3.8) is 0 Å². The van der Waals surface area contributed by atoms with Crippen molar-refractivity contribution in [2.45, 2.75) is 26.1 Å². The Labute approximate surface area is 161 Å². The van der Waals surface area contributed by atoms with Crippen LogP contribution in [0.4, 0.5) is 29.5 Å². The molecule has 0 saturated carbocycles. The number of thiophene rings is 1. The number of piperazine rings is 1. The minimum absolute atomic E-state index is 0.532. The van der Waals surface area contributed by atoms with Gasteiger partial charge in [-0.25, -0.2) is 5.01 Å². The number of nitrogens with one attached hydrogen (secondary N) is 1. The first-order valence-electron chi connectivity index (χ1n) is 9.17. The smallest absolute Gasteiger partial charge is 0.379 e. The van der Waals surface area contributed by atoms with Gasteiger partial charge >= 0.3 is 6.18 Å². The fourth-order valence-electron chi connectivity index (χ4n) is 3.57. The van der Waals surface area contributed by atoms with Crippen LogP contribution in [0.5, 0.6) is 0 Å². The molecule has 1 aromatic carbocycles. The largest absolute Gasteiger partial charge is 0.416 e. The van der Waals surface area contributed by atoms with E-state index in [1.165, 1.54) is 17.0 Å². The second-order valence-electron chi connectivity index (χ2n) is 7.05.